The van der Waals surface area contributed by atoms with Crippen LogP contribution in [0.25, 0.3) is 0 Å². The van der Waals surface area contributed by atoms with E-state index in [1.807, 2.05) is 30.3 Å². The van der Waals surface area contributed by atoms with E-state index >= 15 is 0 Å². The van der Waals surface area contributed by atoms with Crippen molar-refractivity contribution in [3.8, 4) is 0 Å². The molecule has 0 spiro atoms. The van der Waals surface area contributed by atoms with Crippen molar-refractivity contribution < 1.29 is 5.11 Å². The molecule has 0 fully saturated rings. The molecule has 2 N–H and O–H groups in total. The van der Waals surface area contributed by atoms with Crippen molar-refractivity contribution in [2.24, 2.45) is 0 Å². The highest BCUT2D eigenvalue weighted by Gasteiger charge is 2.06. The second-order valence-corrected chi connectivity index (χ2v) is 4.40. The van der Waals surface area contributed by atoms with E-state index in [1.54, 1.807) is 6.92 Å². The van der Waals surface area contributed by atoms with Gasteiger partial charge >= 0.3 is 5.69 Å². The summed E-state index contributed by atoms with van der Waals surface area (Å²) in [5.41, 5.74) is 0.885. The average molecular weight is 247 g/mol. The smallest absolute Gasteiger partial charge is 0.343 e. The number of nitrogens with zero attached hydrogens (tertiary/aromatic N) is 2. The van der Waals surface area contributed by atoms with Crippen molar-refractivity contribution in [1.29, 1.82) is 0 Å². The predicted octanol–water partition coefficient (Wildman–Crippen LogP) is 0.933. The maximum absolute atomic E-state index is 11.6. The van der Waals surface area contributed by atoms with Crippen LogP contribution in [0.2, 0.25) is 0 Å². The molecule has 1 unspecified atom stereocenters. The van der Waals surface area contributed by atoms with Crippen LogP contribution >= 0.6 is 0 Å². The Morgan fingerprint density at radius 1 is 1.39 bits per heavy atom. The largest absolute Gasteiger partial charge is 0.393 e. The van der Waals surface area contributed by atoms with Crippen LogP contribution in [0, 0.1) is 0 Å². The molecule has 1 heterocycles. The van der Waals surface area contributed by atoms with Gasteiger partial charge in [0.15, 0.2) is 0 Å². The van der Waals surface area contributed by atoms with Crippen molar-refractivity contribution in [2.75, 3.05) is 0 Å². The van der Waals surface area contributed by atoms with Crippen molar-refractivity contribution in [3.63, 3.8) is 0 Å². The summed E-state index contributed by atoms with van der Waals surface area (Å²) in [5.74, 6) is 0.650. The lowest BCUT2D eigenvalue weighted by atomic mass is 10.1. The van der Waals surface area contributed by atoms with Crippen molar-refractivity contribution in [2.45, 2.75) is 32.4 Å². The van der Waals surface area contributed by atoms with Crippen LogP contribution in [0.3, 0.4) is 0 Å². The molecule has 96 valence electrons. The predicted molar refractivity (Wildman–Crippen MR) is 68.4 cm³/mol. The van der Waals surface area contributed by atoms with Gasteiger partial charge in [0.25, 0.3) is 0 Å². The van der Waals surface area contributed by atoms with Gasteiger partial charge in [-0.25, -0.2) is 9.48 Å². The number of hydrogen-bond acceptors (Lipinski definition) is 3. The van der Waals surface area contributed by atoms with Crippen LogP contribution in [0.5, 0.6) is 0 Å². The molecule has 0 aliphatic rings. The average Bonchev–Trinajstić information content (AvgIpc) is 2.68. The van der Waals surface area contributed by atoms with Gasteiger partial charge in [0.05, 0.1) is 6.10 Å². The molecule has 1 aromatic heterocycles. The highest BCUT2D eigenvalue weighted by molar-refractivity contribution is 5.18. The third-order valence-electron chi connectivity index (χ3n) is 2.70. The summed E-state index contributed by atoms with van der Waals surface area (Å²) in [4.78, 5) is 14.3. The highest BCUT2D eigenvalue weighted by atomic mass is 16.3. The maximum atomic E-state index is 11.6. The van der Waals surface area contributed by atoms with E-state index in [0.29, 0.717) is 25.2 Å². The molecule has 1 aromatic carbocycles. The molecule has 2 aromatic rings. The third-order valence-corrected chi connectivity index (χ3v) is 2.70. The van der Waals surface area contributed by atoms with Crippen molar-refractivity contribution >= 4 is 0 Å². The van der Waals surface area contributed by atoms with Crippen LogP contribution in [0.1, 0.15) is 24.7 Å². The molecule has 0 aliphatic carbocycles. The molecule has 0 radical (unpaired) electrons. The quantitative estimate of drug-likeness (QED) is 0.825. The number of aryl methyl sites for hydroxylation is 1. The minimum atomic E-state index is -0.425. The van der Waals surface area contributed by atoms with E-state index in [0.717, 1.165) is 5.56 Å². The minimum absolute atomic E-state index is 0.221. The van der Waals surface area contributed by atoms with Crippen molar-refractivity contribution in [1.82, 2.24) is 14.8 Å². The van der Waals surface area contributed by atoms with Crippen LogP contribution in [0.15, 0.2) is 35.1 Å². The maximum Gasteiger partial charge on any atom is 0.343 e. The van der Waals surface area contributed by atoms with Crippen LogP contribution < -0.4 is 5.69 Å². The van der Waals surface area contributed by atoms with E-state index in [9.17, 15) is 9.90 Å². The lowest BCUT2D eigenvalue weighted by molar-refractivity contribution is 0.175. The number of aliphatic hydroxyl groups is 1. The Kier molecular flexibility index (Phi) is 3.94. The fourth-order valence-electron chi connectivity index (χ4n) is 1.73. The Hall–Kier alpha value is -1.88. The Balaban J connectivity index is 2.07. The minimum Gasteiger partial charge on any atom is -0.393 e. The normalized spacial score (nSPS) is 12.6. The van der Waals surface area contributed by atoms with E-state index in [1.165, 1.54) is 4.68 Å². The lowest BCUT2D eigenvalue weighted by Crippen LogP contribution is -2.20. The zero-order chi connectivity index (χ0) is 13.0. The van der Waals surface area contributed by atoms with Gasteiger partial charge in [0.1, 0.15) is 5.82 Å². The Bertz CT molecular complexity index is 543. The molecule has 0 aliphatic heterocycles. The number of aliphatic hydroxyl groups excluding tert-OH is 1. The fraction of sp³-hybridized carbons (Fsp3) is 0.385. The van der Waals surface area contributed by atoms with Gasteiger partial charge in [-0.2, -0.15) is 5.10 Å². The summed E-state index contributed by atoms with van der Waals surface area (Å²) >= 11 is 0. The molecule has 0 bridgehead atoms. The lowest BCUT2D eigenvalue weighted by Gasteiger charge is -2.02. The second-order valence-electron chi connectivity index (χ2n) is 4.40. The first-order valence-corrected chi connectivity index (χ1v) is 6.03. The van der Waals surface area contributed by atoms with E-state index in [-0.39, 0.29) is 5.69 Å². The number of H-pyrrole nitrogens is 1. The molecular weight excluding hydrogens is 230 g/mol. The molecule has 18 heavy (non-hydrogen) atoms. The molecule has 1 atom stereocenters. The van der Waals surface area contributed by atoms with Crippen molar-refractivity contribution in [3.05, 3.63) is 52.2 Å². The van der Waals surface area contributed by atoms with Gasteiger partial charge in [0.2, 0.25) is 0 Å². The summed E-state index contributed by atoms with van der Waals surface area (Å²) in [7, 11) is 0. The van der Waals surface area contributed by atoms with Gasteiger partial charge in [-0.05, 0) is 18.9 Å². The topological polar surface area (TPSA) is 70.9 Å². The summed E-state index contributed by atoms with van der Waals surface area (Å²) in [6.07, 6.45) is 0.707. The number of aromatic nitrogens is 3. The number of nitrogens with one attached hydrogen (secondary N) is 1. The second kappa shape index (κ2) is 5.64. The molecule has 5 nitrogen and oxygen atoms in total. The van der Waals surface area contributed by atoms with Gasteiger partial charge in [0, 0.05) is 13.0 Å². The summed E-state index contributed by atoms with van der Waals surface area (Å²) in [6.45, 7) is 2.13. The summed E-state index contributed by atoms with van der Waals surface area (Å²) < 4.78 is 1.37. The first-order chi connectivity index (χ1) is 8.65. The number of hydrogen-bond donors (Lipinski definition) is 2. The molecule has 0 amide bonds. The zero-order valence-electron chi connectivity index (χ0n) is 10.3. The number of benzene rings is 1. The highest BCUT2D eigenvalue weighted by Crippen LogP contribution is 2.03. The first kappa shape index (κ1) is 12.6. The van der Waals surface area contributed by atoms with Crippen LogP contribution in [-0.4, -0.2) is 26.0 Å². The number of aromatic amines is 1. The summed E-state index contributed by atoms with van der Waals surface area (Å²) in [6, 6.07) is 9.85. The van der Waals surface area contributed by atoms with Gasteiger partial charge in [-0.15, -0.1) is 0 Å². The Morgan fingerprint density at radius 2 is 2.11 bits per heavy atom. The fourth-order valence-corrected chi connectivity index (χ4v) is 1.73. The summed E-state index contributed by atoms with van der Waals surface area (Å²) in [5, 5.41) is 13.4. The van der Waals surface area contributed by atoms with Gasteiger partial charge in [-0.3, -0.25) is 4.98 Å². The van der Waals surface area contributed by atoms with E-state index in [4.69, 9.17) is 0 Å². The van der Waals surface area contributed by atoms with Gasteiger partial charge in [-0.1, -0.05) is 30.3 Å². The zero-order valence-corrected chi connectivity index (χ0v) is 10.3. The van der Waals surface area contributed by atoms with E-state index < -0.39 is 6.10 Å². The monoisotopic (exact) mass is 247 g/mol. The Morgan fingerprint density at radius 3 is 2.78 bits per heavy atom. The molecular formula is C13H17N3O2. The van der Waals surface area contributed by atoms with Crippen LogP contribution in [-0.2, 0) is 13.0 Å². The number of rotatable bonds is 5. The first-order valence-electron chi connectivity index (χ1n) is 6.03. The molecule has 0 saturated carbocycles. The molecule has 2 rings (SSSR count). The SMILES string of the molecule is CC(O)CCn1nc(Cc2ccccc2)[nH]c1=O. The van der Waals surface area contributed by atoms with E-state index in [2.05, 4.69) is 10.1 Å². The van der Waals surface area contributed by atoms with Crippen LogP contribution in [0.4, 0.5) is 0 Å². The third kappa shape index (κ3) is 3.30. The standard InChI is InChI=1S/C13H17N3O2/c1-10(17)7-8-16-13(18)14-12(15-16)9-11-5-3-2-4-6-11/h2-6,10,17H,7-9H2,1H3,(H,14,15,18). The van der Waals surface area contributed by atoms with Gasteiger partial charge < -0.3 is 5.11 Å². The Labute approximate surface area is 105 Å². The molecule has 5 heteroatoms. The molecule has 0 saturated heterocycles.